The summed E-state index contributed by atoms with van der Waals surface area (Å²) in [6.45, 7) is 7.98. The van der Waals surface area contributed by atoms with Crippen LogP contribution >= 0.6 is 0 Å². The number of furan rings is 1. The molecule has 152 valence electrons. The zero-order valence-electron chi connectivity index (χ0n) is 17.0. The molecule has 0 spiro atoms. The fourth-order valence-electron chi connectivity index (χ4n) is 3.25. The molecule has 0 aliphatic carbocycles. The first-order valence-corrected chi connectivity index (χ1v) is 9.43. The van der Waals surface area contributed by atoms with Crippen LogP contribution in [0, 0.1) is 0 Å². The summed E-state index contributed by atoms with van der Waals surface area (Å²) in [5, 5.41) is 0.702. The molecule has 1 aromatic carbocycles. The van der Waals surface area contributed by atoms with Gasteiger partial charge in [-0.25, -0.2) is 4.79 Å². The Kier molecular flexibility index (Phi) is 5.54. The predicted molar refractivity (Wildman–Crippen MR) is 104 cm³/mol. The Bertz CT molecular complexity index is 879. The molecule has 0 bridgehead atoms. The quantitative estimate of drug-likeness (QED) is 0.704. The van der Waals surface area contributed by atoms with E-state index >= 15 is 0 Å². The van der Waals surface area contributed by atoms with Crippen molar-refractivity contribution in [1.82, 2.24) is 4.90 Å². The summed E-state index contributed by atoms with van der Waals surface area (Å²) < 4.78 is 22.5. The van der Waals surface area contributed by atoms with Gasteiger partial charge in [0.05, 0.1) is 18.5 Å². The number of hydrogen-bond donors (Lipinski definition) is 0. The fraction of sp³-hybridized carbons (Fsp3) is 0.524. The largest absolute Gasteiger partial charge is 0.496 e. The lowest BCUT2D eigenvalue weighted by Crippen LogP contribution is -2.42. The average molecular weight is 389 g/mol. The monoisotopic (exact) mass is 389 g/mol. The Morgan fingerprint density at radius 3 is 2.64 bits per heavy atom. The van der Waals surface area contributed by atoms with Gasteiger partial charge in [-0.05, 0) is 39.7 Å². The van der Waals surface area contributed by atoms with E-state index in [1.807, 2.05) is 20.8 Å². The van der Waals surface area contributed by atoms with Gasteiger partial charge in [0.2, 0.25) is 0 Å². The van der Waals surface area contributed by atoms with Crippen molar-refractivity contribution in [3.8, 4) is 11.5 Å². The summed E-state index contributed by atoms with van der Waals surface area (Å²) in [4.78, 5) is 25.8. The van der Waals surface area contributed by atoms with Gasteiger partial charge in [0, 0.05) is 25.6 Å². The molecule has 0 saturated carbocycles. The normalized spacial score (nSPS) is 17.0. The predicted octanol–water partition coefficient (Wildman–Crippen LogP) is 4.42. The molecule has 1 atom stereocenters. The number of fused-ring (bicyclic) bond motifs is 1. The first kappa shape index (κ1) is 20.0. The van der Waals surface area contributed by atoms with E-state index in [-0.39, 0.29) is 23.7 Å². The summed E-state index contributed by atoms with van der Waals surface area (Å²) in [7, 11) is 1.56. The number of nitrogens with zero attached hydrogens (tertiary/aromatic N) is 1. The van der Waals surface area contributed by atoms with Crippen molar-refractivity contribution >= 4 is 22.8 Å². The second kappa shape index (κ2) is 7.73. The summed E-state index contributed by atoms with van der Waals surface area (Å²) in [5.41, 5.74) is -0.0147. The van der Waals surface area contributed by atoms with E-state index in [9.17, 15) is 9.59 Å². The standard InChI is InChI=1S/C21H27NO6/c1-13(23)17-11-16-18(9-15(25-5)10-19(16)27-17)26-12-14-7-6-8-22(14)20(24)28-21(2,3)4/h9-11,14H,6-8,12H2,1-5H3. The van der Waals surface area contributed by atoms with E-state index in [0.717, 1.165) is 12.8 Å². The number of hydrogen-bond acceptors (Lipinski definition) is 6. The maximum Gasteiger partial charge on any atom is 0.410 e. The van der Waals surface area contributed by atoms with E-state index in [2.05, 4.69) is 0 Å². The van der Waals surface area contributed by atoms with E-state index in [1.54, 1.807) is 30.2 Å². The summed E-state index contributed by atoms with van der Waals surface area (Å²) in [5.74, 6) is 1.24. The number of methoxy groups -OCH3 is 1. The third kappa shape index (κ3) is 4.40. The molecule has 1 aliphatic heterocycles. The minimum Gasteiger partial charge on any atom is -0.496 e. The van der Waals surface area contributed by atoms with Gasteiger partial charge in [0.15, 0.2) is 11.5 Å². The van der Waals surface area contributed by atoms with Gasteiger partial charge >= 0.3 is 6.09 Å². The van der Waals surface area contributed by atoms with Crippen LogP contribution in [0.5, 0.6) is 11.5 Å². The van der Waals surface area contributed by atoms with E-state index in [1.165, 1.54) is 6.92 Å². The van der Waals surface area contributed by atoms with Crippen LogP contribution in [0.25, 0.3) is 11.0 Å². The van der Waals surface area contributed by atoms with Gasteiger partial charge in [-0.1, -0.05) is 0 Å². The van der Waals surface area contributed by atoms with Crippen LogP contribution in [-0.4, -0.2) is 48.7 Å². The number of rotatable bonds is 5. The van der Waals surface area contributed by atoms with E-state index in [4.69, 9.17) is 18.6 Å². The maximum atomic E-state index is 12.4. The smallest absolute Gasteiger partial charge is 0.410 e. The molecular weight excluding hydrogens is 362 g/mol. The van der Waals surface area contributed by atoms with Crippen LogP contribution in [0.3, 0.4) is 0 Å². The van der Waals surface area contributed by atoms with Gasteiger partial charge in [0.25, 0.3) is 0 Å². The fourth-order valence-corrected chi connectivity index (χ4v) is 3.25. The van der Waals surface area contributed by atoms with Crippen LogP contribution in [0.15, 0.2) is 22.6 Å². The molecule has 0 radical (unpaired) electrons. The van der Waals surface area contributed by atoms with Crippen LogP contribution in [-0.2, 0) is 4.74 Å². The number of likely N-dealkylation sites (tertiary alicyclic amines) is 1. The molecule has 2 heterocycles. The van der Waals surface area contributed by atoms with E-state index in [0.29, 0.717) is 35.6 Å². The minimum atomic E-state index is -0.538. The number of ether oxygens (including phenoxy) is 3. The zero-order valence-corrected chi connectivity index (χ0v) is 17.0. The highest BCUT2D eigenvalue weighted by Gasteiger charge is 2.32. The molecular formula is C21H27NO6. The topological polar surface area (TPSA) is 78.2 Å². The molecule has 7 heteroatoms. The molecule has 1 fully saturated rings. The van der Waals surface area contributed by atoms with Crippen LogP contribution < -0.4 is 9.47 Å². The molecule has 7 nitrogen and oxygen atoms in total. The zero-order chi connectivity index (χ0) is 20.5. The maximum absolute atomic E-state index is 12.4. The molecule has 3 rings (SSSR count). The van der Waals surface area contributed by atoms with Gasteiger partial charge < -0.3 is 23.5 Å². The Balaban J connectivity index is 1.78. The van der Waals surface area contributed by atoms with Crippen LogP contribution in [0.1, 0.15) is 51.1 Å². The molecule has 1 saturated heterocycles. The molecule has 1 aromatic heterocycles. The number of ketones is 1. The number of carbonyl (C=O) groups excluding carboxylic acids is 2. The second-order valence-corrected chi connectivity index (χ2v) is 7.98. The van der Waals surface area contributed by atoms with Crippen molar-refractivity contribution in [1.29, 1.82) is 0 Å². The highest BCUT2D eigenvalue weighted by molar-refractivity contribution is 5.98. The summed E-state index contributed by atoms with van der Waals surface area (Å²) >= 11 is 0. The van der Waals surface area contributed by atoms with Crippen LogP contribution in [0.4, 0.5) is 4.79 Å². The van der Waals surface area contributed by atoms with Crippen molar-refractivity contribution < 1.29 is 28.2 Å². The summed E-state index contributed by atoms with van der Waals surface area (Å²) in [6, 6.07) is 5.08. The van der Waals surface area contributed by atoms with Gasteiger partial charge in [0.1, 0.15) is 29.3 Å². The highest BCUT2D eigenvalue weighted by atomic mass is 16.6. The molecule has 1 amide bonds. The van der Waals surface area contributed by atoms with Crippen LogP contribution in [0.2, 0.25) is 0 Å². The van der Waals surface area contributed by atoms with Crippen molar-refractivity contribution in [2.24, 2.45) is 0 Å². The lowest BCUT2D eigenvalue weighted by Gasteiger charge is -2.28. The Morgan fingerprint density at radius 1 is 1.25 bits per heavy atom. The average Bonchev–Trinajstić information content (AvgIpc) is 3.24. The third-order valence-electron chi connectivity index (χ3n) is 4.59. The van der Waals surface area contributed by atoms with Gasteiger partial charge in [-0.15, -0.1) is 0 Å². The molecule has 1 unspecified atom stereocenters. The van der Waals surface area contributed by atoms with Crippen molar-refractivity contribution in [2.75, 3.05) is 20.3 Å². The Morgan fingerprint density at radius 2 is 2.00 bits per heavy atom. The molecule has 0 N–H and O–H groups in total. The molecule has 1 aliphatic rings. The Labute approximate surface area is 164 Å². The van der Waals surface area contributed by atoms with Crippen molar-refractivity contribution in [3.63, 3.8) is 0 Å². The second-order valence-electron chi connectivity index (χ2n) is 7.98. The van der Waals surface area contributed by atoms with Crippen molar-refractivity contribution in [2.45, 2.75) is 52.2 Å². The molecule has 2 aromatic rings. The Hall–Kier alpha value is -2.70. The molecule has 28 heavy (non-hydrogen) atoms. The van der Waals surface area contributed by atoms with E-state index < -0.39 is 5.60 Å². The number of carbonyl (C=O) groups is 2. The first-order valence-electron chi connectivity index (χ1n) is 9.43. The van der Waals surface area contributed by atoms with Crippen molar-refractivity contribution in [3.05, 3.63) is 24.0 Å². The number of Topliss-reactive ketones (excluding diaryl/α,β-unsaturated/α-hetero) is 1. The minimum absolute atomic E-state index is 0.0738. The SMILES string of the molecule is COc1cc(OCC2CCCN2C(=O)OC(C)(C)C)c2cc(C(C)=O)oc2c1. The number of amides is 1. The highest BCUT2D eigenvalue weighted by Crippen LogP contribution is 2.34. The summed E-state index contributed by atoms with van der Waals surface area (Å²) in [6.07, 6.45) is 1.42. The third-order valence-corrected chi connectivity index (χ3v) is 4.59. The lowest BCUT2D eigenvalue weighted by molar-refractivity contribution is 0.0188. The van der Waals surface area contributed by atoms with Gasteiger partial charge in [-0.3, -0.25) is 4.79 Å². The van der Waals surface area contributed by atoms with Gasteiger partial charge in [-0.2, -0.15) is 0 Å². The lowest BCUT2D eigenvalue weighted by atomic mass is 10.2. The number of benzene rings is 1. The first-order chi connectivity index (χ1) is 13.2.